The van der Waals surface area contributed by atoms with Crippen molar-refractivity contribution in [3.63, 3.8) is 0 Å². The van der Waals surface area contributed by atoms with E-state index in [1.807, 2.05) is 18.0 Å². The van der Waals surface area contributed by atoms with Crippen molar-refractivity contribution in [3.05, 3.63) is 18.0 Å². The second-order valence-electron chi connectivity index (χ2n) is 4.98. The molecule has 100 valence electrons. The number of hydrogen-bond acceptors (Lipinski definition) is 3. The normalized spacial score (nSPS) is 17.4. The highest BCUT2D eigenvalue weighted by atomic mass is 16.2. The van der Waals surface area contributed by atoms with Crippen LogP contribution in [0.2, 0.25) is 0 Å². The minimum absolute atomic E-state index is 0.0607. The Morgan fingerprint density at radius 1 is 1.33 bits per heavy atom. The second kappa shape index (κ2) is 5.52. The molecule has 1 aliphatic rings. The Morgan fingerprint density at radius 2 is 2.00 bits per heavy atom. The molecule has 0 N–H and O–H groups in total. The molecule has 0 saturated carbocycles. The highest BCUT2D eigenvalue weighted by Gasteiger charge is 2.24. The minimum Gasteiger partial charge on any atom is -0.335 e. The van der Waals surface area contributed by atoms with Gasteiger partial charge >= 0.3 is 0 Å². The summed E-state index contributed by atoms with van der Waals surface area (Å²) in [5.74, 6) is 0.0607. The molecule has 1 fully saturated rings. The molecule has 5 nitrogen and oxygen atoms in total. The first-order valence-corrected chi connectivity index (χ1v) is 6.68. The zero-order valence-corrected chi connectivity index (χ0v) is 11.5. The van der Waals surface area contributed by atoms with E-state index in [0.717, 1.165) is 32.7 Å². The average molecular weight is 250 g/mol. The summed E-state index contributed by atoms with van der Waals surface area (Å²) in [6.45, 7) is 10.7. The minimum atomic E-state index is 0.0607. The van der Waals surface area contributed by atoms with Gasteiger partial charge in [0.15, 0.2) is 0 Å². The number of aromatic nitrogens is 2. The summed E-state index contributed by atoms with van der Waals surface area (Å²) in [7, 11) is 0. The molecular formula is C13H22N4O. The fourth-order valence-corrected chi connectivity index (χ4v) is 2.26. The summed E-state index contributed by atoms with van der Waals surface area (Å²) in [5, 5.41) is 4.27. The van der Waals surface area contributed by atoms with Crippen LogP contribution in [0, 0.1) is 0 Å². The summed E-state index contributed by atoms with van der Waals surface area (Å²) >= 11 is 0. The van der Waals surface area contributed by atoms with Crippen LogP contribution in [0.1, 0.15) is 31.3 Å². The van der Waals surface area contributed by atoms with Gasteiger partial charge in [0, 0.05) is 45.0 Å². The molecule has 0 radical (unpaired) electrons. The highest BCUT2D eigenvalue weighted by molar-refractivity contribution is 5.92. The van der Waals surface area contributed by atoms with E-state index in [2.05, 4.69) is 23.8 Å². The van der Waals surface area contributed by atoms with Gasteiger partial charge in [-0.25, -0.2) is 0 Å². The van der Waals surface area contributed by atoms with Crippen LogP contribution >= 0.6 is 0 Å². The molecule has 5 heteroatoms. The highest BCUT2D eigenvalue weighted by Crippen LogP contribution is 2.09. The third kappa shape index (κ3) is 2.72. The predicted octanol–water partition coefficient (Wildman–Crippen LogP) is 1.07. The van der Waals surface area contributed by atoms with Crippen molar-refractivity contribution in [2.45, 2.75) is 33.4 Å². The molecule has 0 bridgehead atoms. The maximum Gasteiger partial charge on any atom is 0.274 e. The molecule has 1 aliphatic heterocycles. The Labute approximate surface area is 108 Å². The fraction of sp³-hybridized carbons (Fsp3) is 0.692. The monoisotopic (exact) mass is 250 g/mol. The summed E-state index contributed by atoms with van der Waals surface area (Å²) < 4.78 is 1.79. The Kier molecular flexibility index (Phi) is 4.01. The lowest BCUT2D eigenvalue weighted by molar-refractivity contribution is 0.0589. The molecule has 1 saturated heterocycles. The van der Waals surface area contributed by atoms with Crippen molar-refractivity contribution in [2.24, 2.45) is 0 Å². The SMILES string of the molecule is CCn1ccc(C(=O)N2CCN(C(C)C)CC2)n1. The van der Waals surface area contributed by atoms with Gasteiger partial charge in [-0.05, 0) is 26.8 Å². The van der Waals surface area contributed by atoms with Crippen molar-refractivity contribution in [1.82, 2.24) is 19.6 Å². The van der Waals surface area contributed by atoms with Crippen molar-refractivity contribution in [1.29, 1.82) is 0 Å². The van der Waals surface area contributed by atoms with Crippen LogP contribution in [0.25, 0.3) is 0 Å². The maximum atomic E-state index is 12.2. The Morgan fingerprint density at radius 3 is 2.50 bits per heavy atom. The van der Waals surface area contributed by atoms with Gasteiger partial charge in [0.2, 0.25) is 0 Å². The van der Waals surface area contributed by atoms with E-state index in [1.165, 1.54) is 0 Å². The zero-order chi connectivity index (χ0) is 13.1. The van der Waals surface area contributed by atoms with Crippen LogP contribution in [-0.4, -0.2) is 57.7 Å². The molecule has 0 aliphatic carbocycles. The third-order valence-corrected chi connectivity index (χ3v) is 3.52. The fourth-order valence-electron chi connectivity index (χ4n) is 2.26. The second-order valence-corrected chi connectivity index (χ2v) is 4.98. The Balaban J connectivity index is 1.95. The van der Waals surface area contributed by atoms with E-state index in [1.54, 1.807) is 10.7 Å². The largest absolute Gasteiger partial charge is 0.335 e. The van der Waals surface area contributed by atoms with Crippen molar-refractivity contribution < 1.29 is 4.79 Å². The summed E-state index contributed by atoms with van der Waals surface area (Å²) in [4.78, 5) is 16.5. The molecule has 1 aromatic heterocycles. The first-order chi connectivity index (χ1) is 8.61. The number of aryl methyl sites for hydroxylation is 1. The Hall–Kier alpha value is -1.36. The average Bonchev–Trinajstić information content (AvgIpc) is 2.86. The number of carbonyl (C=O) groups is 1. The molecule has 18 heavy (non-hydrogen) atoms. The van der Waals surface area contributed by atoms with Gasteiger partial charge in [-0.2, -0.15) is 5.10 Å². The number of rotatable bonds is 3. The third-order valence-electron chi connectivity index (χ3n) is 3.52. The van der Waals surface area contributed by atoms with E-state index in [-0.39, 0.29) is 5.91 Å². The number of amides is 1. The maximum absolute atomic E-state index is 12.2. The first kappa shape index (κ1) is 13.1. The lowest BCUT2D eigenvalue weighted by Gasteiger charge is -2.36. The van der Waals surface area contributed by atoms with Crippen LogP contribution < -0.4 is 0 Å². The smallest absolute Gasteiger partial charge is 0.274 e. The van der Waals surface area contributed by atoms with Gasteiger partial charge in [0.05, 0.1) is 0 Å². The number of carbonyl (C=O) groups excluding carboxylic acids is 1. The Bertz CT molecular complexity index is 405. The number of nitrogens with zero attached hydrogens (tertiary/aromatic N) is 4. The van der Waals surface area contributed by atoms with Gasteiger partial charge in [-0.3, -0.25) is 14.4 Å². The van der Waals surface area contributed by atoms with Gasteiger partial charge in [0.25, 0.3) is 5.91 Å². The molecule has 1 amide bonds. The molecule has 1 aromatic rings. The van der Waals surface area contributed by atoms with Crippen molar-refractivity contribution in [3.8, 4) is 0 Å². The van der Waals surface area contributed by atoms with Gasteiger partial charge in [0.1, 0.15) is 5.69 Å². The van der Waals surface area contributed by atoms with Crippen LogP contribution in [0.15, 0.2) is 12.3 Å². The molecule has 0 unspecified atom stereocenters. The van der Waals surface area contributed by atoms with E-state index < -0.39 is 0 Å². The van der Waals surface area contributed by atoms with Crippen LogP contribution in [0.3, 0.4) is 0 Å². The topological polar surface area (TPSA) is 41.4 Å². The van der Waals surface area contributed by atoms with Crippen LogP contribution in [-0.2, 0) is 6.54 Å². The summed E-state index contributed by atoms with van der Waals surface area (Å²) in [6, 6.07) is 2.36. The van der Waals surface area contributed by atoms with Crippen molar-refractivity contribution >= 4 is 5.91 Å². The lowest BCUT2D eigenvalue weighted by atomic mass is 10.2. The molecule has 2 rings (SSSR count). The first-order valence-electron chi connectivity index (χ1n) is 6.68. The molecule has 0 spiro atoms. The van der Waals surface area contributed by atoms with E-state index in [4.69, 9.17) is 0 Å². The lowest BCUT2D eigenvalue weighted by Crippen LogP contribution is -2.50. The number of hydrogen-bond donors (Lipinski definition) is 0. The standard InChI is InChI=1S/C13H22N4O/c1-4-17-6-5-12(14-17)13(18)16-9-7-15(8-10-16)11(2)3/h5-6,11H,4,7-10H2,1-3H3. The van der Waals surface area contributed by atoms with Gasteiger partial charge in [-0.15, -0.1) is 0 Å². The number of piperazine rings is 1. The van der Waals surface area contributed by atoms with Crippen molar-refractivity contribution in [2.75, 3.05) is 26.2 Å². The predicted molar refractivity (Wildman–Crippen MR) is 70.5 cm³/mol. The molecule has 0 aromatic carbocycles. The van der Waals surface area contributed by atoms with Crippen LogP contribution in [0.5, 0.6) is 0 Å². The van der Waals surface area contributed by atoms with E-state index in [0.29, 0.717) is 11.7 Å². The molecular weight excluding hydrogens is 228 g/mol. The summed E-state index contributed by atoms with van der Waals surface area (Å²) in [5.41, 5.74) is 0.565. The summed E-state index contributed by atoms with van der Waals surface area (Å²) in [6.07, 6.45) is 1.86. The molecule has 2 heterocycles. The van der Waals surface area contributed by atoms with Gasteiger partial charge < -0.3 is 4.90 Å². The van der Waals surface area contributed by atoms with E-state index in [9.17, 15) is 4.79 Å². The quantitative estimate of drug-likeness (QED) is 0.806. The van der Waals surface area contributed by atoms with Gasteiger partial charge in [-0.1, -0.05) is 0 Å². The zero-order valence-electron chi connectivity index (χ0n) is 11.5. The van der Waals surface area contributed by atoms with Crippen LogP contribution in [0.4, 0.5) is 0 Å². The molecule has 0 atom stereocenters. The van der Waals surface area contributed by atoms with E-state index >= 15 is 0 Å².